The number of hydrogen-bond donors (Lipinski definition) is 1. The summed E-state index contributed by atoms with van der Waals surface area (Å²) >= 11 is 11.7. The van der Waals surface area contributed by atoms with E-state index in [1.807, 2.05) is 6.92 Å². The van der Waals surface area contributed by atoms with Crippen LogP contribution in [0.3, 0.4) is 0 Å². The topological polar surface area (TPSA) is 64.0 Å². The molecule has 2 rings (SSSR count). The Labute approximate surface area is 121 Å². The number of sulfonamides is 1. The zero-order chi connectivity index (χ0) is 14.0. The average molecular weight is 320 g/mol. The average Bonchev–Trinajstić information content (AvgIpc) is 2.79. The molecule has 0 fully saturated rings. The minimum absolute atomic E-state index is 0.0640. The van der Waals surface area contributed by atoms with Crippen LogP contribution in [0.5, 0.6) is 0 Å². The van der Waals surface area contributed by atoms with E-state index in [0.717, 1.165) is 0 Å². The highest BCUT2D eigenvalue weighted by Gasteiger charge is 2.19. The second-order valence-electron chi connectivity index (χ2n) is 3.76. The molecule has 1 aromatic carbocycles. The number of nitrogens with zero attached hydrogens (tertiary/aromatic N) is 2. The standard InChI is InChI=1S/C11H11Cl2N3O2S/c1-2-16-7-9(6-14-16)15-19(17,18)11-5-8(12)3-4-10(11)13/h3-7,15H,2H2,1H3. The lowest BCUT2D eigenvalue weighted by atomic mass is 10.4. The molecule has 0 aliphatic carbocycles. The summed E-state index contributed by atoms with van der Waals surface area (Å²) in [7, 11) is -3.78. The van der Waals surface area contributed by atoms with Gasteiger partial charge in [-0.25, -0.2) is 8.42 Å². The lowest BCUT2D eigenvalue weighted by Crippen LogP contribution is -2.13. The molecular formula is C11H11Cl2N3O2S. The SMILES string of the molecule is CCn1cc(NS(=O)(=O)c2cc(Cl)ccc2Cl)cn1. The van der Waals surface area contributed by atoms with Gasteiger partial charge in [0, 0.05) is 17.8 Å². The summed E-state index contributed by atoms with van der Waals surface area (Å²) in [5.41, 5.74) is 0.373. The second kappa shape index (κ2) is 5.40. The first-order valence-electron chi connectivity index (χ1n) is 5.42. The highest BCUT2D eigenvalue weighted by Crippen LogP contribution is 2.26. The van der Waals surface area contributed by atoms with Crippen molar-refractivity contribution in [3.63, 3.8) is 0 Å². The molecule has 0 unspecified atom stereocenters. The molecule has 1 N–H and O–H groups in total. The Morgan fingerprint density at radius 1 is 1.37 bits per heavy atom. The smallest absolute Gasteiger partial charge is 0.263 e. The van der Waals surface area contributed by atoms with Crippen LogP contribution < -0.4 is 4.72 Å². The number of aromatic nitrogens is 2. The van der Waals surface area contributed by atoms with Gasteiger partial charge in [-0.2, -0.15) is 5.10 Å². The van der Waals surface area contributed by atoms with E-state index in [0.29, 0.717) is 17.3 Å². The normalized spacial score (nSPS) is 11.5. The Kier molecular flexibility index (Phi) is 4.03. The monoisotopic (exact) mass is 319 g/mol. The van der Waals surface area contributed by atoms with Crippen molar-refractivity contribution >= 4 is 38.9 Å². The molecule has 0 saturated carbocycles. The van der Waals surface area contributed by atoms with Crippen LogP contribution in [0.2, 0.25) is 10.0 Å². The van der Waals surface area contributed by atoms with Crippen molar-refractivity contribution < 1.29 is 8.42 Å². The van der Waals surface area contributed by atoms with E-state index in [9.17, 15) is 8.42 Å². The van der Waals surface area contributed by atoms with E-state index >= 15 is 0 Å². The largest absolute Gasteiger partial charge is 0.276 e. The maximum Gasteiger partial charge on any atom is 0.263 e. The fourth-order valence-corrected chi connectivity index (χ4v) is 3.27. The first kappa shape index (κ1) is 14.2. The Morgan fingerprint density at radius 2 is 2.11 bits per heavy atom. The van der Waals surface area contributed by atoms with Gasteiger partial charge in [-0.15, -0.1) is 0 Å². The number of nitrogens with one attached hydrogen (secondary N) is 1. The number of rotatable bonds is 4. The molecule has 0 aliphatic heterocycles. The van der Waals surface area contributed by atoms with E-state index in [2.05, 4.69) is 9.82 Å². The van der Waals surface area contributed by atoms with Crippen LogP contribution in [0.4, 0.5) is 5.69 Å². The van der Waals surface area contributed by atoms with Gasteiger partial charge in [-0.1, -0.05) is 23.2 Å². The summed E-state index contributed by atoms with van der Waals surface area (Å²) < 4.78 is 28.4. The summed E-state index contributed by atoms with van der Waals surface area (Å²) in [6, 6.07) is 4.27. The van der Waals surface area contributed by atoms with Gasteiger partial charge < -0.3 is 0 Å². The molecule has 0 amide bonds. The highest BCUT2D eigenvalue weighted by atomic mass is 35.5. The first-order valence-corrected chi connectivity index (χ1v) is 7.66. The molecule has 5 nitrogen and oxygen atoms in total. The first-order chi connectivity index (χ1) is 8.92. The third-order valence-corrected chi connectivity index (χ3v) is 4.49. The summed E-state index contributed by atoms with van der Waals surface area (Å²) in [5, 5.41) is 4.39. The molecule has 0 radical (unpaired) electrons. The molecule has 0 spiro atoms. The molecule has 0 saturated heterocycles. The number of halogens is 2. The number of benzene rings is 1. The second-order valence-corrected chi connectivity index (χ2v) is 6.26. The third kappa shape index (κ3) is 3.20. The summed E-state index contributed by atoms with van der Waals surface area (Å²) in [6.07, 6.45) is 3.02. The van der Waals surface area contributed by atoms with E-state index in [4.69, 9.17) is 23.2 Å². The van der Waals surface area contributed by atoms with Crippen LogP contribution in [0, 0.1) is 0 Å². The minimum Gasteiger partial charge on any atom is -0.276 e. The molecule has 1 aromatic heterocycles. The molecule has 19 heavy (non-hydrogen) atoms. The molecule has 0 atom stereocenters. The van der Waals surface area contributed by atoms with Gasteiger partial charge in [-0.3, -0.25) is 9.40 Å². The lowest BCUT2D eigenvalue weighted by Gasteiger charge is -2.07. The van der Waals surface area contributed by atoms with E-state index in [-0.39, 0.29) is 9.92 Å². The van der Waals surface area contributed by atoms with Gasteiger partial charge in [0.15, 0.2) is 0 Å². The van der Waals surface area contributed by atoms with Gasteiger partial charge in [0.25, 0.3) is 10.0 Å². The molecule has 2 aromatic rings. The zero-order valence-corrected chi connectivity index (χ0v) is 12.3. The molecule has 0 aliphatic rings. The minimum atomic E-state index is -3.78. The van der Waals surface area contributed by atoms with E-state index in [1.165, 1.54) is 24.4 Å². The third-order valence-electron chi connectivity index (χ3n) is 2.39. The number of hydrogen-bond acceptors (Lipinski definition) is 3. The van der Waals surface area contributed by atoms with Gasteiger partial charge in [0.1, 0.15) is 4.90 Å². The zero-order valence-electron chi connectivity index (χ0n) is 9.97. The van der Waals surface area contributed by atoms with E-state index in [1.54, 1.807) is 10.9 Å². The highest BCUT2D eigenvalue weighted by molar-refractivity contribution is 7.92. The predicted molar refractivity (Wildman–Crippen MR) is 75.2 cm³/mol. The van der Waals surface area contributed by atoms with Gasteiger partial charge in [0.05, 0.1) is 16.9 Å². The van der Waals surface area contributed by atoms with Crippen molar-refractivity contribution in [3.05, 3.63) is 40.6 Å². The number of aryl methyl sites for hydroxylation is 1. The quantitative estimate of drug-likeness (QED) is 0.942. The van der Waals surface area contributed by atoms with Crippen LogP contribution in [0.1, 0.15) is 6.92 Å². The summed E-state index contributed by atoms with van der Waals surface area (Å²) in [6.45, 7) is 2.55. The van der Waals surface area contributed by atoms with Crippen LogP contribution in [0.25, 0.3) is 0 Å². The van der Waals surface area contributed by atoms with Crippen molar-refractivity contribution in [2.24, 2.45) is 0 Å². The van der Waals surface area contributed by atoms with Crippen molar-refractivity contribution in [2.75, 3.05) is 4.72 Å². The van der Waals surface area contributed by atoms with E-state index < -0.39 is 10.0 Å². The molecule has 0 bridgehead atoms. The fraction of sp³-hybridized carbons (Fsp3) is 0.182. The van der Waals surface area contributed by atoms with Gasteiger partial charge in [-0.05, 0) is 25.1 Å². The van der Waals surface area contributed by atoms with Crippen LogP contribution in [-0.2, 0) is 16.6 Å². The Bertz CT molecular complexity index is 698. The van der Waals surface area contributed by atoms with Gasteiger partial charge in [0.2, 0.25) is 0 Å². The maximum atomic E-state index is 12.2. The van der Waals surface area contributed by atoms with Crippen LogP contribution in [-0.4, -0.2) is 18.2 Å². The van der Waals surface area contributed by atoms with Crippen molar-refractivity contribution in [1.82, 2.24) is 9.78 Å². The van der Waals surface area contributed by atoms with Crippen molar-refractivity contribution in [2.45, 2.75) is 18.4 Å². The molecule has 8 heteroatoms. The Balaban J connectivity index is 2.34. The van der Waals surface area contributed by atoms with Crippen LogP contribution >= 0.6 is 23.2 Å². The predicted octanol–water partition coefficient (Wildman–Crippen LogP) is 3.01. The Hall–Kier alpha value is -1.24. The molecule has 1 heterocycles. The van der Waals surface area contributed by atoms with Gasteiger partial charge >= 0.3 is 0 Å². The molecular weight excluding hydrogens is 309 g/mol. The number of anilines is 1. The van der Waals surface area contributed by atoms with Crippen LogP contribution in [0.15, 0.2) is 35.5 Å². The Morgan fingerprint density at radius 3 is 2.74 bits per heavy atom. The maximum absolute atomic E-state index is 12.2. The summed E-state index contributed by atoms with van der Waals surface area (Å²) in [4.78, 5) is -0.0640. The molecule has 102 valence electrons. The van der Waals surface area contributed by atoms with Crippen molar-refractivity contribution in [3.8, 4) is 0 Å². The fourth-order valence-electron chi connectivity index (χ4n) is 1.48. The lowest BCUT2D eigenvalue weighted by molar-refractivity contribution is 0.601. The summed E-state index contributed by atoms with van der Waals surface area (Å²) in [5.74, 6) is 0. The van der Waals surface area contributed by atoms with Crippen molar-refractivity contribution in [1.29, 1.82) is 0 Å².